The van der Waals surface area contributed by atoms with Crippen LogP contribution >= 0.6 is 0 Å². The first-order valence-electron chi connectivity index (χ1n) is 5.69. The molecule has 2 heteroatoms. The molecular weight excluding hydrogens is 192 g/mol. The molecule has 2 atom stereocenters. The highest BCUT2D eigenvalue weighted by Gasteiger charge is 2.19. The number of rotatable bonds is 6. The molecule has 0 amide bonds. The minimum atomic E-state index is -0.621. The van der Waals surface area contributed by atoms with E-state index in [-0.39, 0.29) is 0 Å². The lowest BCUT2D eigenvalue weighted by atomic mass is 10.0. The Labute approximate surface area is 92.8 Å². The fourth-order valence-corrected chi connectivity index (χ4v) is 3.12. The van der Waals surface area contributed by atoms with Gasteiger partial charge in [0.25, 0.3) is 0 Å². The first-order chi connectivity index (χ1) is 6.34. The van der Waals surface area contributed by atoms with E-state index in [1.165, 1.54) is 0 Å². The summed E-state index contributed by atoms with van der Waals surface area (Å²) in [6.45, 7) is 13.2. The molecule has 0 aliphatic rings. The predicted octanol–water partition coefficient (Wildman–Crippen LogP) is 3.32. The zero-order valence-electron chi connectivity index (χ0n) is 10.5. The normalized spacial score (nSPS) is 16.7. The molecule has 0 aromatic carbocycles. The maximum Gasteiger partial charge on any atom is 0.108 e. The molecule has 86 valence electrons. The smallest absolute Gasteiger partial charge is 0.108 e. The van der Waals surface area contributed by atoms with Gasteiger partial charge in [-0.2, -0.15) is 0 Å². The van der Waals surface area contributed by atoms with E-state index in [1.807, 2.05) is 0 Å². The Bertz CT molecular complexity index is 129. The van der Waals surface area contributed by atoms with E-state index in [1.54, 1.807) is 0 Å². The average Bonchev–Trinajstić information content (AvgIpc) is 2.03. The van der Waals surface area contributed by atoms with Crippen LogP contribution in [-0.4, -0.2) is 16.1 Å². The van der Waals surface area contributed by atoms with Crippen molar-refractivity contribution in [3.63, 3.8) is 0 Å². The molecule has 0 heterocycles. The van der Waals surface area contributed by atoms with E-state index in [0.29, 0.717) is 23.7 Å². The molecule has 0 aromatic rings. The Hall–Kier alpha value is 0.310. The van der Waals surface area contributed by atoms with Crippen molar-refractivity contribution in [2.24, 2.45) is 23.7 Å². The summed E-state index contributed by atoms with van der Waals surface area (Å²) in [4.78, 5) is 0. The van der Waals surface area contributed by atoms with E-state index >= 15 is 0 Å². The van der Waals surface area contributed by atoms with Gasteiger partial charge in [-0.15, -0.1) is 0 Å². The molecular formula is C12H26OS. The fourth-order valence-electron chi connectivity index (χ4n) is 1.04. The maximum atomic E-state index is 11.8. The summed E-state index contributed by atoms with van der Waals surface area (Å²) in [6, 6.07) is 0. The maximum absolute atomic E-state index is 11.8. The molecule has 0 unspecified atom stereocenters. The Kier molecular flexibility index (Phi) is 6.88. The van der Waals surface area contributed by atoms with Gasteiger partial charge in [0.1, 0.15) is 11.5 Å². The zero-order valence-corrected chi connectivity index (χ0v) is 11.4. The molecule has 0 aliphatic heterocycles. The lowest BCUT2D eigenvalue weighted by Gasteiger charge is -2.22. The van der Waals surface area contributed by atoms with E-state index in [2.05, 4.69) is 41.5 Å². The van der Waals surface area contributed by atoms with Gasteiger partial charge < -0.3 is 4.55 Å². The highest BCUT2D eigenvalue weighted by molar-refractivity contribution is 7.91. The van der Waals surface area contributed by atoms with Crippen molar-refractivity contribution in [2.45, 2.75) is 41.5 Å². The zero-order chi connectivity index (χ0) is 11.3. The van der Waals surface area contributed by atoms with Crippen LogP contribution < -0.4 is 0 Å². The minimum Gasteiger partial charge on any atom is -0.616 e. The summed E-state index contributed by atoms with van der Waals surface area (Å²) in [5.41, 5.74) is 0. The Balaban J connectivity index is 3.80. The number of hydrogen-bond acceptors (Lipinski definition) is 1. The van der Waals surface area contributed by atoms with E-state index < -0.39 is 11.2 Å². The Morgan fingerprint density at radius 1 is 0.786 bits per heavy atom. The van der Waals surface area contributed by atoms with Crippen molar-refractivity contribution in [2.75, 3.05) is 11.5 Å². The summed E-state index contributed by atoms with van der Waals surface area (Å²) >= 11 is -0.621. The van der Waals surface area contributed by atoms with Gasteiger partial charge in [-0.25, -0.2) is 0 Å². The topological polar surface area (TPSA) is 23.1 Å². The monoisotopic (exact) mass is 218 g/mol. The second-order valence-corrected chi connectivity index (χ2v) is 6.76. The highest BCUT2D eigenvalue weighted by Crippen LogP contribution is 2.17. The minimum absolute atomic E-state index is 0.579. The van der Waals surface area contributed by atoms with Crippen LogP contribution in [0.4, 0.5) is 0 Å². The standard InChI is InChI=1S/C12H26OS/c1-9(2)11(5)7-14(13)8-12(6)10(3)4/h9-12H,7-8H2,1-6H3/t11-,12-/m1/s1. The molecule has 0 aromatic heterocycles. The predicted molar refractivity (Wildman–Crippen MR) is 65.9 cm³/mol. The van der Waals surface area contributed by atoms with Crippen LogP contribution in [0.25, 0.3) is 0 Å². The number of hydrogen-bond donors (Lipinski definition) is 0. The van der Waals surface area contributed by atoms with Gasteiger partial charge in [-0.05, 0) is 11.8 Å². The molecule has 0 fully saturated rings. The lowest BCUT2D eigenvalue weighted by Crippen LogP contribution is -2.25. The molecule has 1 nitrogen and oxygen atoms in total. The molecule has 0 saturated heterocycles. The van der Waals surface area contributed by atoms with Crippen molar-refractivity contribution >= 4 is 11.2 Å². The van der Waals surface area contributed by atoms with Crippen molar-refractivity contribution in [3.8, 4) is 0 Å². The van der Waals surface area contributed by atoms with Gasteiger partial charge in [-0.3, -0.25) is 0 Å². The Morgan fingerprint density at radius 3 is 1.29 bits per heavy atom. The van der Waals surface area contributed by atoms with Gasteiger partial charge in [0.05, 0.1) is 0 Å². The van der Waals surface area contributed by atoms with Crippen molar-refractivity contribution in [3.05, 3.63) is 0 Å². The molecule has 0 aliphatic carbocycles. The van der Waals surface area contributed by atoms with Crippen LogP contribution in [0, 0.1) is 23.7 Å². The third-order valence-electron chi connectivity index (χ3n) is 3.17. The second-order valence-electron chi connectivity index (χ2n) is 5.22. The van der Waals surface area contributed by atoms with Gasteiger partial charge in [0.15, 0.2) is 0 Å². The van der Waals surface area contributed by atoms with Crippen LogP contribution in [-0.2, 0) is 11.2 Å². The average molecular weight is 218 g/mol. The fraction of sp³-hybridized carbons (Fsp3) is 1.00. The third kappa shape index (κ3) is 5.92. The quantitative estimate of drug-likeness (QED) is 0.627. The summed E-state index contributed by atoms with van der Waals surface area (Å²) in [7, 11) is 0. The molecule has 0 radical (unpaired) electrons. The second kappa shape index (κ2) is 6.73. The molecule has 0 rings (SSSR count). The van der Waals surface area contributed by atoms with Crippen molar-refractivity contribution < 1.29 is 4.55 Å². The highest BCUT2D eigenvalue weighted by atomic mass is 32.2. The largest absolute Gasteiger partial charge is 0.616 e. The van der Waals surface area contributed by atoms with Gasteiger partial charge in [0, 0.05) is 11.8 Å². The van der Waals surface area contributed by atoms with Crippen LogP contribution in [0.2, 0.25) is 0 Å². The molecule has 14 heavy (non-hydrogen) atoms. The van der Waals surface area contributed by atoms with E-state index in [9.17, 15) is 4.55 Å². The van der Waals surface area contributed by atoms with Gasteiger partial charge >= 0.3 is 0 Å². The SMILES string of the molecule is CC(C)[C@H](C)C[S+]([O-])C[C@@H](C)C(C)C. The third-order valence-corrected chi connectivity index (χ3v) is 4.97. The van der Waals surface area contributed by atoms with E-state index in [0.717, 1.165) is 11.5 Å². The van der Waals surface area contributed by atoms with Crippen molar-refractivity contribution in [1.29, 1.82) is 0 Å². The van der Waals surface area contributed by atoms with Crippen LogP contribution in [0.15, 0.2) is 0 Å². The first kappa shape index (κ1) is 14.3. The molecule has 0 N–H and O–H groups in total. The summed E-state index contributed by atoms with van der Waals surface area (Å²) in [5.74, 6) is 4.19. The molecule has 0 bridgehead atoms. The summed E-state index contributed by atoms with van der Waals surface area (Å²) in [6.07, 6.45) is 0. The van der Waals surface area contributed by atoms with Gasteiger partial charge in [-0.1, -0.05) is 52.7 Å². The molecule has 0 spiro atoms. The molecule has 0 saturated carbocycles. The van der Waals surface area contributed by atoms with Crippen LogP contribution in [0.1, 0.15) is 41.5 Å². The van der Waals surface area contributed by atoms with Gasteiger partial charge in [0.2, 0.25) is 0 Å². The van der Waals surface area contributed by atoms with Crippen LogP contribution in [0.3, 0.4) is 0 Å². The van der Waals surface area contributed by atoms with Crippen LogP contribution in [0.5, 0.6) is 0 Å². The Morgan fingerprint density at radius 2 is 1.07 bits per heavy atom. The van der Waals surface area contributed by atoms with E-state index in [4.69, 9.17) is 0 Å². The van der Waals surface area contributed by atoms with Crippen molar-refractivity contribution in [1.82, 2.24) is 0 Å². The lowest BCUT2D eigenvalue weighted by molar-refractivity contribution is 0.434. The summed E-state index contributed by atoms with van der Waals surface area (Å²) in [5, 5.41) is 0. The summed E-state index contributed by atoms with van der Waals surface area (Å²) < 4.78 is 11.8. The first-order valence-corrected chi connectivity index (χ1v) is 7.18.